The molecule has 3 rings (SSSR count). The van der Waals surface area contributed by atoms with Crippen LogP contribution in [0.1, 0.15) is 21.5 Å². The second-order valence-corrected chi connectivity index (χ2v) is 6.20. The van der Waals surface area contributed by atoms with Gasteiger partial charge >= 0.3 is 0 Å². The minimum atomic E-state index is -0.482. The summed E-state index contributed by atoms with van der Waals surface area (Å²) < 4.78 is 0. The van der Waals surface area contributed by atoms with E-state index in [2.05, 4.69) is 4.99 Å². The van der Waals surface area contributed by atoms with Gasteiger partial charge in [-0.25, -0.2) is 0 Å². The third kappa shape index (κ3) is 5.29. The van der Waals surface area contributed by atoms with E-state index in [1.54, 1.807) is 60.8 Å². The van der Waals surface area contributed by atoms with E-state index in [1.165, 1.54) is 30.3 Å². The first-order valence-electron chi connectivity index (χ1n) is 8.78. The van der Waals surface area contributed by atoms with E-state index in [-0.39, 0.29) is 17.2 Å². The molecule has 0 spiro atoms. The third-order valence-electron chi connectivity index (χ3n) is 4.15. The second-order valence-electron chi connectivity index (χ2n) is 6.20. The predicted octanol–water partition coefficient (Wildman–Crippen LogP) is 5.15. The molecule has 3 aromatic rings. The van der Waals surface area contributed by atoms with E-state index in [4.69, 9.17) is 0 Å². The van der Waals surface area contributed by atoms with Crippen molar-refractivity contribution < 1.29 is 14.6 Å². The molecule has 148 valence electrons. The average Bonchev–Trinajstić information content (AvgIpc) is 2.77. The van der Waals surface area contributed by atoms with Crippen molar-refractivity contribution in [1.29, 1.82) is 0 Å². The molecule has 0 saturated carbocycles. The molecular weight excluding hydrogens is 386 g/mol. The zero-order valence-corrected chi connectivity index (χ0v) is 15.5. The lowest BCUT2D eigenvalue weighted by atomic mass is 10.1. The van der Waals surface area contributed by atoms with Crippen molar-refractivity contribution in [2.75, 3.05) is 0 Å². The van der Waals surface area contributed by atoms with Crippen molar-refractivity contribution in [3.63, 3.8) is 0 Å². The Bertz CT molecular complexity index is 1130. The highest BCUT2D eigenvalue weighted by Crippen LogP contribution is 2.17. The monoisotopic (exact) mass is 401 g/mol. The highest BCUT2D eigenvalue weighted by molar-refractivity contribution is 6.07. The number of ketones is 1. The summed E-state index contributed by atoms with van der Waals surface area (Å²) in [5.74, 6) is -0.209. The molecule has 0 atom stereocenters. The van der Waals surface area contributed by atoms with Crippen LogP contribution in [0.4, 0.5) is 17.1 Å². The van der Waals surface area contributed by atoms with Gasteiger partial charge in [0, 0.05) is 36.0 Å². The van der Waals surface area contributed by atoms with Crippen molar-refractivity contribution in [2.24, 2.45) is 4.99 Å². The number of nitrogens with zero attached hydrogens (tertiary/aromatic N) is 3. The fourth-order valence-corrected chi connectivity index (χ4v) is 2.52. The fraction of sp³-hybridized carbons (Fsp3) is 0. The van der Waals surface area contributed by atoms with Crippen LogP contribution in [0.25, 0.3) is 6.08 Å². The molecule has 0 bridgehead atoms. The van der Waals surface area contributed by atoms with E-state index < -0.39 is 9.85 Å². The number of carbonyl (C=O) groups excluding carboxylic acids is 1. The largest absolute Gasteiger partial charge is 0.289 e. The lowest BCUT2D eigenvalue weighted by molar-refractivity contribution is -0.385. The molecule has 0 fully saturated rings. The Hall–Kier alpha value is -4.46. The summed E-state index contributed by atoms with van der Waals surface area (Å²) >= 11 is 0. The number of aliphatic imine (C=N–C) groups is 1. The summed E-state index contributed by atoms with van der Waals surface area (Å²) in [4.78, 5) is 36.9. The summed E-state index contributed by atoms with van der Waals surface area (Å²) in [6, 6.07) is 18.6. The summed E-state index contributed by atoms with van der Waals surface area (Å²) in [5, 5.41) is 21.3. The fourth-order valence-electron chi connectivity index (χ4n) is 2.52. The van der Waals surface area contributed by atoms with Gasteiger partial charge in [-0.2, -0.15) is 0 Å². The summed E-state index contributed by atoms with van der Waals surface area (Å²) in [6.45, 7) is 0. The molecular formula is C22H15N3O5. The molecule has 8 heteroatoms. The number of nitro groups is 2. The molecule has 0 aliphatic rings. The smallest absolute Gasteiger partial charge is 0.269 e. The zero-order valence-electron chi connectivity index (χ0n) is 15.5. The SMILES string of the molecule is O=C(C=Cc1ccc([N+](=O)[O-])cc1)c1ccc(N=Cc2ccc([N+](=O)[O-])cc2)cc1. The first-order chi connectivity index (χ1) is 14.4. The molecule has 3 aromatic carbocycles. The molecule has 0 saturated heterocycles. The number of carbonyl (C=O) groups is 1. The van der Waals surface area contributed by atoms with Crippen molar-refractivity contribution in [3.05, 3.63) is 116 Å². The number of benzene rings is 3. The van der Waals surface area contributed by atoms with Gasteiger partial charge in [0.2, 0.25) is 0 Å². The molecule has 0 radical (unpaired) electrons. The van der Waals surface area contributed by atoms with Gasteiger partial charge in [0.25, 0.3) is 11.4 Å². The van der Waals surface area contributed by atoms with E-state index >= 15 is 0 Å². The van der Waals surface area contributed by atoms with E-state index in [1.807, 2.05) is 0 Å². The number of hydrogen-bond donors (Lipinski definition) is 0. The lowest BCUT2D eigenvalue weighted by Crippen LogP contribution is -1.93. The van der Waals surface area contributed by atoms with Crippen LogP contribution in [-0.4, -0.2) is 21.8 Å². The maximum absolute atomic E-state index is 12.3. The summed E-state index contributed by atoms with van der Waals surface area (Å²) in [5.41, 5.74) is 2.50. The van der Waals surface area contributed by atoms with Gasteiger partial charge < -0.3 is 0 Å². The van der Waals surface area contributed by atoms with Crippen LogP contribution >= 0.6 is 0 Å². The maximum Gasteiger partial charge on any atom is 0.269 e. The predicted molar refractivity (Wildman–Crippen MR) is 113 cm³/mol. The van der Waals surface area contributed by atoms with Gasteiger partial charge in [-0.1, -0.05) is 6.08 Å². The van der Waals surface area contributed by atoms with E-state index in [9.17, 15) is 25.0 Å². The van der Waals surface area contributed by atoms with Crippen molar-refractivity contribution in [2.45, 2.75) is 0 Å². The molecule has 0 aliphatic heterocycles. The zero-order chi connectivity index (χ0) is 21.5. The van der Waals surface area contributed by atoms with Crippen LogP contribution in [0.15, 0.2) is 83.9 Å². The Morgan fingerprint density at radius 3 is 1.73 bits per heavy atom. The average molecular weight is 401 g/mol. The van der Waals surface area contributed by atoms with Gasteiger partial charge in [-0.05, 0) is 65.7 Å². The van der Waals surface area contributed by atoms with Crippen molar-refractivity contribution in [1.82, 2.24) is 0 Å². The lowest BCUT2D eigenvalue weighted by Gasteiger charge is -1.98. The number of nitro benzene ring substituents is 2. The van der Waals surface area contributed by atoms with Gasteiger partial charge in [0.15, 0.2) is 5.78 Å². The van der Waals surface area contributed by atoms with Crippen LogP contribution in [0.5, 0.6) is 0 Å². The van der Waals surface area contributed by atoms with E-state index in [0.717, 1.165) is 0 Å². The summed E-state index contributed by atoms with van der Waals surface area (Å²) in [6.07, 6.45) is 4.57. The number of non-ortho nitro benzene ring substituents is 2. The minimum absolute atomic E-state index is 0.0108. The third-order valence-corrected chi connectivity index (χ3v) is 4.15. The standard InChI is InChI=1S/C22H15N3O5/c26-22(14-5-16-1-10-20(11-2-16)24(27)28)18-6-8-19(9-7-18)23-15-17-3-12-21(13-4-17)25(29)30/h1-15H. The second kappa shape index (κ2) is 9.16. The van der Waals surface area contributed by atoms with Gasteiger partial charge in [0.05, 0.1) is 15.5 Å². The maximum atomic E-state index is 12.3. The molecule has 0 amide bonds. The number of rotatable bonds is 7. The highest BCUT2D eigenvalue weighted by Gasteiger charge is 2.05. The van der Waals surface area contributed by atoms with Gasteiger partial charge in [0.1, 0.15) is 0 Å². The Kier molecular flexibility index (Phi) is 6.19. The van der Waals surface area contributed by atoms with E-state index in [0.29, 0.717) is 22.4 Å². The first kappa shape index (κ1) is 20.3. The topological polar surface area (TPSA) is 116 Å². The Labute approximate surface area is 171 Å². The Morgan fingerprint density at radius 1 is 0.733 bits per heavy atom. The quantitative estimate of drug-likeness (QED) is 0.178. The Balaban J connectivity index is 1.63. The normalized spacial score (nSPS) is 11.1. The molecule has 30 heavy (non-hydrogen) atoms. The molecule has 0 aliphatic carbocycles. The van der Waals surface area contributed by atoms with Crippen LogP contribution in [0, 0.1) is 20.2 Å². The molecule has 0 aromatic heterocycles. The van der Waals surface area contributed by atoms with Gasteiger partial charge in [-0.15, -0.1) is 0 Å². The number of hydrogen-bond acceptors (Lipinski definition) is 6. The van der Waals surface area contributed by atoms with Crippen molar-refractivity contribution in [3.8, 4) is 0 Å². The van der Waals surface area contributed by atoms with Crippen LogP contribution in [-0.2, 0) is 0 Å². The first-order valence-corrected chi connectivity index (χ1v) is 8.78. The number of allylic oxidation sites excluding steroid dienone is 1. The van der Waals surface area contributed by atoms with Crippen LogP contribution in [0.2, 0.25) is 0 Å². The molecule has 0 unspecified atom stereocenters. The molecule has 0 heterocycles. The van der Waals surface area contributed by atoms with Crippen molar-refractivity contribution >= 4 is 35.1 Å². The highest BCUT2D eigenvalue weighted by atomic mass is 16.6. The molecule has 0 N–H and O–H groups in total. The minimum Gasteiger partial charge on any atom is -0.289 e. The summed E-state index contributed by atoms with van der Waals surface area (Å²) in [7, 11) is 0. The molecule has 8 nitrogen and oxygen atoms in total. The van der Waals surface area contributed by atoms with Crippen LogP contribution in [0.3, 0.4) is 0 Å². The Morgan fingerprint density at radius 2 is 1.23 bits per heavy atom. The van der Waals surface area contributed by atoms with Gasteiger partial charge in [-0.3, -0.25) is 30.0 Å². The van der Waals surface area contributed by atoms with Crippen LogP contribution < -0.4 is 0 Å².